The molecule has 0 rings (SSSR count). The maximum Gasteiger partial charge on any atom is 0.188 e. The van der Waals surface area contributed by atoms with Crippen molar-refractivity contribution in [3.05, 3.63) is 0 Å². The molecule has 0 aromatic carbocycles. The van der Waals surface area contributed by atoms with E-state index in [0.29, 0.717) is 5.96 Å². The number of aliphatic imine (C=N–C) groups is 1. The molecule has 0 atom stereocenters. The van der Waals surface area contributed by atoms with Gasteiger partial charge in [0.15, 0.2) is 5.96 Å². The Morgan fingerprint density at radius 1 is 1.64 bits per heavy atom. The minimum atomic E-state index is 0.570. The zero-order valence-corrected chi connectivity index (χ0v) is 8.08. The standard InChI is InChI=1S/C7H17N3S/c1-3-4-9-7(8)10-5-6-11-2/h3-6H2,1-2H3,(H3,8,9,10). The summed E-state index contributed by atoms with van der Waals surface area (Å²) in [5.41, 5.74) is 5.53. The molecule has 0 heterocycles. The highest BCUT2D eigenvalue weighted by atomic mass is 32.2. The van der Waals surface area contributed by atoms with Gasteiger partial charge >= 0.3 is 0 Å². The number of guanidine groups is 1. The van der Waals surface area contributed by atoms with E-state index in [0.717, 1.165) is 25.3 Å². The molecule has 0 aromatic rings. The van der Waals surface area contributed by atoms with Gasteiger partial charge in [0, 0.05) is 18.8 Å². The molecule has 0 amide bonds. The lowest BCUT2D eigenvalue weighted by atomic mass is 10.5. The number of nitrogens with one attached hydrogen (secondary N) is 1. The Kier molecular flexibility index (Phi) is 7.46. The molecule has 0 fully saturated rings. The zero-order valence-electron chi connectivity index (χ0n) is 7.26. The van der Waals surface area contributed by atoms with Gasteiger partial charge in [-0.25, -0.2) is 0 Å². The van der Waals surface area contributed by atoms with Crippen molar-refractivity contribution in [3.63, 3.8) is 0 Å². The molecule has 0 radical (unpaired) electrons. The highest BCUT2D eigenvalue weighted by Crippen LogP contribution is 1.86. The largest absolute Gasteiger partial charge is 0.370 e. The molecule has 0 saturated heterocycles. The monoisotopic (exact) mass is 175 g/mol. The highest BCUT2D eigenvalue weighted by Gasteiger charge is 1.87. The van der Waals surface area contributed by atoms with Crippen LogP contribution in [0.25, 0.3) is 0 Å². The second-order valence-electron chi connectivity index (χ2n) is 2.19. The minimum Gasteiger partial charge on any atom is -0.370 e. The lowest BCUT2D eigenvalue weighted by Crippen LogP contribution is -2.33. The van der Waals surface area contributed by atoms with Gasteiger partial charge in [-0.1, -0.05) is 6.92 Å². The summed E-state index contributed by atoms with van der Waals surface area (Å²) in [6, 6.07) is 0. The van der Waals surface area contributed by atoms with Gasteiger partial charge in [-0.05, 0) is 12.7 Å². The molecule has 11 heavy (non-hydrogen) atoms. The second kappa shape index (κ2) is 7.72. The smallest absolute Gasteiger partial charge is 0.188 e. The maximum atomic E-state index is 5.53. The molecule has 66 valence electrons. The predicted octanol–water partition coefficient (Wildman–Crippen LogP) is 0.664. The average molecular weight is 175 g/mol. The fourth-order valence-electron chi connectivity index (χ4n) is 0.569. The van der Waals surface area contributed by atoms with Gasteiger partial charge in [0.1, 0.15) is 0 Å². The Bertz CT molecular complexity index is 114. The predicted molar refractivity (Wildman–Crippen MR) is 53.2 cm³/mol. The fraction of sp³-hybridized carbons (Fsp3) is 0.857. The van der Waals surface area contributed by atoms with Crippen LogP contribution in [0, 0.1) is 0 Å². The van der Waals surface area contributed by atoms with Crippen LogP contribution in [-0.2, 0) is 0 Å². The number of thioether (sulfide) groups is 1. The average Bonchev–Trinajstić information content (AvgIpc) is 2.01. The first-order valence-corrected chi connectivity index (χ1v) is 5.23. The van der Waals surface area contributed by atoms with Crippen molar-refractivity contribution in [2.75, 3.05) is 25.1 Å². The van der Waals surface area contributed by atoms with Crippen LogP contribution in [0.5, 0.6) is 0 Å². The van der Waals surface area contributed by atoms with E-state index in [-0.39, 0.29) is 0 Å². The summed E-state index contributed by atoms with van der Waals surface area (Å²) in [6.45, 7) is 3.80. The molecule has 0 unspecified atom stereocenters. The van der Waals surface area contributed by atoms with Crippen molar-refractivity contribution in [2.24, 2.45) is 10.7 Å². The van der Waals surface area contributed by atoms with Crippen LogP contribution in [0.3, 0.4) is 0 Å². The van der Waals surface area contributed by atoms with E-state index < -0.39 is 0 Å². The van der Waals surface area contributed by atoms with Crippen LogP contribution in [0.1, 0.15) is 13.3 Å². The quantitative estimate of drug-likeness (QED) is 0.367. The topological polar surface area (TPSA) is 50.4 Å². The van der Waals surface area contributed by atoms with Crippen molar-refractivity contribution in [1.29, 1.82) is 0 Å². The lowest BCUT2D eigenvalue weighted by molar-refractivity contribution is 0.892. The summed E-state index contributed by atoms with van der Waals surface area (Å²) in [4.78, 5) is 4.09. The van der Waals surface area contributed by atoms with Gasteiger partial charge in [0.2, 0.25) is 0 Å². The van der Waals surface area contributed by atoms with E-state index in [1.807, 2.05) is 0 Å². The van der Waals surface area contributed by atoms with E-state index in [2.05, 4.69) is 23.5 Å². The van der Waals surface area contributed by atoms with Crippen molar-refractivity contribution < 1.29 is 0 Å². The van der Waals surface area contributed by atoms with E-state index in [1.165, 1.54) is 0 Å². The van der Waals surface area contributed by atoms with E-state index in [1.54, 1.807) is 11.8 Å². The van der Waals surface area contributed by atoms with Crippen LogP contribution in [0.4, 0.5) is 0 Å². The Balaban J connectivity index is 3.27. The Hall–Kier alpha value is -0.380. The van der Waals surface area contributed by atoms with Gasteiger partial charge in [-0.2, -0.15) is 11.8 Å². The molecule has 0 saturated carbocycles. The number of rotatable bonds is 5. The molecule has 4 heteroatoms. The molecular formula is C7H17N3S. The zero-order chi connectivity index (χ0) is 8.53. The van der Waals surface area contributed by atoms with Crippen molar-refractivity contribution in [3.8, 4) is 0 Å². The summed E-state index contributed by atoms with van der Waals surface area (Å²) in [6.07, 6.45) is 3.12. The minimum absolute atomic E-state index is 0.570. The van der Waals surface area contributed by atoms with Gasteiger partial charge < -0.3 is 11.1 Å². The van der Waals surface area contributed by atoms with Crippen LogP contribution in [0.2, 0.25) is 0 Å². The SMILES string of the molecule is CCCN=C(N)NCCSC. The first kappa shape index (κ1) is 10.6. The summed E-state index contributed by atoms with van der Waals surface area (Å²) < 4.78 is 0. The molecule has 0 aliphatic carbocycles. The van der Waals surface area contributed by atoms with E-state index in [4.69, 9.17) is 5.73 Å². The molecular weight excluding hydrogens is 158 g/mol. The van der Waals surface area contributed by atoms with Gasteiger partial charge in [0.25, 0.3) is 0 Å². The number of hydrogen-bond acceptors (Lipinski definition) is 2. The summed E-state index contributed by atoms with van der Waals surface area (Å²) in [7, 11) is 0. The third kappa shape index (κ3) is 7.52. The maximum absolute atomic E-state index is 5.53. The van der Waals surface area contributed by atoms with Crippen LogP contribution in [-0.4, -0.2) is 31.1 Å². The molecule has 0 bridgehead atoms. The van der Waals surface area contributed by atoms with E-state index >= 15 is 0 Å². The second-order valence-corrected chi connectivity index (χ2v) is 3.17. The van der Waals surface area contributed by atoms with Gasteiger partial charge in [-0.15, -0.1) is 0 Å². The van der Waals surface area contributed by atoms with Crippen LogP contribution >= 0.6 is 11.8 Å². The summed E-state index contributed by atoms with van der Waals surface area (Å²) in [5.74, 6) is 1.64. The molecule has 3 nitrogen and oxygen atoms in total. The van der Waals surface area contributed by atoms with Gasteiger partial charge in [0.05, 0.1) is 0 Å². The molecule has 3 N–H and O–H groups in total. The Morgan fingerprint density at radius 2 is 2.36 bits per heavy atom. The highest BCUT2D eigenvalue weighted by molar-refractivity contribution is 7.98. The summed E-state index contributed by atoms with van der Waals surface area (Å²) in [5, 5.41) is 3.03. The first-order valence-electron chi connectivity index (χ1n) is 3.84. The van der Waals surface area contributed by atoms with Crippen molar-refractivity contribution in [1.82, 2.24) is 5.32 Å². The molecule has 0 aliphatic heterocycles. The third-order valence-corrected chi connectivity index (χ3v) is 1.73. The molecule has 0 spiro atoms. The molecule has 0 aromatic heterocycles. The van der Waals surface area contributed by atoms with Crippen molar-refractivity contribution in [2.45, 2.75) is 13.3 Å². The van der Waals surface area contributed by atoms with E-state index in [9.17, 15) is 0 Å². The normalized spacial score (nSPS) is 11.6. The first-order chi connectivity index (χ1) is 5.31. The number of hydrogen-bond donors (Lipinski definition) is 2. The van der Waals surface area contributed by atoms with Gasteiger partial charge in [-0.3, -0.25) is 4.99 Å². The Morgan fingerprint density at radius 3 is 2.91 bits per heavy atom. The Labute approximate surface area is 72.8 Å². The lowest BCUT2D eigenvalue weighted by Gasteiger charge is -2.02. The van der Waals surface area contributed by atoms with Crippen LogP contribution in [0.15, 0.2) is 4.99 Å². The van der Waals surface area contributed by atoms with Crippen molar-refractivity contribution >= 4 is 17.7 Å². The number of nitrogens with zero attached hydrogens (tertiary/aromatic N) is 1. The molecule has 0 aliphatic rings. The van der Waals surface area contributed by atoms with Crippen LogP contribution < -0.4 is 11.1 Å². The third-order valence-electron chi connectivity index (χ3n) is 1.12. The number of nitrogens with two attached hydrogens (primary N) is 1. The fourth-order valence-corrected chi connectivity index (χ4v) is 0.876. The summed E-state index contributed by atoms with van der Waals surface area (Å²) >= 11 is 1.79.